The summed E-state index contributed by atoms with van der Waals surface area (Å²) in [5, 5.41) is 13.1. The third-order valence-electron chi connectivity index (χ3n) is 5.15. The van der Waals surface area contributed by atoms with Gasteiger partial charge in [-0.25, -0.2) is 14.5 Å². The van der Waals surface area contributed by atoms with Crippen LogP contribution in [-0.4, -0.2) is 31.6 Å². The molecule has 0 spiro atoms. The number of alkyl halides is 3. The summed E-state index contributed by atoms with van der Waals surface area (Å²) in [5.74, 6) is -1.77. The lowest BCUT2D eigenvalue weighted by Gasteiger charge is -2.15. The summed E-state index contributed by atoms with van der Waals surface area (Å²) in [6, 6.07) is 5.98. The van der Waals surface area contributed by atoms with E-state index in [2.05, 4.69) is 10.1 Å². The summed E-state index contributed by atoms with van der Waals surface area (Å²) in [4.78, 5) is 28.4. The van der Waals surface area contributed by atoms with E-state index in [9.17, 15) is 22.8 Å². The molecule has 3 aromatic rings. The van der Waals surface area contributed by atoms with Gasteiger partial charge >= 0.3 is 12.1 Å². The number of aromatic carboxylic acids is 1. The van der Waals surface area contributed by atoms with Gasteiger partial charge in [-0.3, -0.25) is 4.79 Å². The molecule has 1 aliphatic carbocycles. The van der Waals surface area contributed by atoms with Crippen molar-refractivity contribution in [2.24, 2.45) is 0 Å². The van der Waals surface area contributed by atoms with Gasteiger partial charge in [0, 0.05) is 17.5 Å². The van der Waals surface area contributed by atoms with Crippen LogP contribution in [0.5, 0.6) is 0 Å². The highest BCUT2D eigenvalue weighted by Crippen LogP contribution is 2.37. The maximum atomic E-state index is 13.5. The maximum absolute atomic E-state index is 13.5. The molecule has 0 saturated carbocycles. The molecule has 1 N–H and O–H groups in total. The highest BCUT2D eigenvalue weighted by Gasteiger charge is 2.38. The van der Waals surface area contributed by atoms with Crippen molar-refractivity contribution < 1.29 is 27.9 Å². The Hall–Kier alpha value is -3.20. The fourth-order valence-corrected chi connectivity index (χ4v) is 3.98. The number of carbonyl (C=O) groups is 2. The van der Waals surface area contributed by atoms with E-state index in [-0.39, 0.29) is 22.1 Å². The number of benzene rings is 1. The standard InChI is InChI=1S/C21H15ClF3N3O3/c22-14-6-3-5-13(21(23,24)25)17(14)19(29)18-12-4-1-2-7-15(12)28(27-18)16-9-8-11(10-26-16)20(30)31/h3,5-6,8-10H,1-2,4,7H2,(H,30,31). The van der Waals surface area contributed by atoms with E-state index in [1.165, 1.54) is 22.9 Å². The molecule has 2 heterocycles. The number of rotatable bonds is 4. The van der Waals surface area contributed by atoms with Crippen LogP contribution < -0.4 is 0 Å². The van der Waals surface area contributed by atoms with Crippen molar-refractivity contribution in [1.29, 1.82) is 0 Å². The molecule has 0 fully saturated rings. The van der Waals surface area contributed by atoms with Crippen molar-refractivity contribution in [2.45, 2.75) is 31.9 Å². The van der Waals surface area contributed by atoms with Crippen molar-refractivity contribution in [2.75, 3.05) is 0 Å². The van der Waals surface area contributed by atoms with Gasteiger partial charge < -0.3 is 5.11 Å². The Balaban J connectivity index is 1.86. The van der Waals surface area contributed by atoms with Crippen LogP contribution in [0.4, 0.5) is 13.2 Å². The molecule has 1 aromatic carbocycles. The topological polar surface area (TPSA) is 85.1 Å². The summed E-state index contributed by atoms with van der Waals surface area (Å²) in [6.07, 6.45) is -0.973. The number of carboxylic acids is 1. The lowest BCUT2D eigenvalue weighted by molar-refractivity contribution is -0.137. The van der Waals surface area contributed by atoms with Crippen LogP contribution >= 0.6 is 11.6 Å². The predicted molar refractivity (Wildman–Crippen MR) is 105 cm³/mol. The normalized spacial score (nSPS) is 13.7. The van der Waals surface area contributed by atoms with Crippen molar-refractivity contribution in [3.8, 4) is 5.82 Å². The zero-order valence-electron chi connectivity index (χ0n) is 15.9. The van der Waals surface area contributed by atoms with Gasteiger partial charge in [-0.2, -0.15) is 18.3 Å². The van der Waals surface area contributed by atoms with Crippen LogP contribution in [0.15, 0.2) is 36.5 Å². The second-order valence-electron chi connectivity index (χ2n) is 7.09. The average Bonchev–Trinajstić information content (AvgIpc) is 3.12. The predicted octanol–water partition coefficient (Wildman–Crippen LogP) is 4.75. The van der Waals surface area contributed by atoms with Gasteiger partial charge in [-0.15, -0.1) is 0 Å². The van der Waals surface area contributed by atoms with Crippen LogP contribution in [0.25, 0.3) is 5.82 Å². The molecule has 1 aliphatic rings. The highest BCUT2D eigenvalue weighted by molar-refractivity contribution is 6.35. The van der Waals surface area contributed by atoms with Gasteiger partial charge in [0.25, 0.3) is 0 Å². The molecule has 0 saturated heterocycles. The fourth-order valence-electron chi connectivity index (χ4n) is 3.72. The van der Waals surface area contributed by atoms with Crippen LogP contribution in [0, 0.1) is 0 Å². The van der Waals surface area contributed by atoms with E-state index in [0.29, 0.717) is 24.1 Å². The first-order valence-corrected chi connectivity index (χ1v) is 9.77. The number of fused-ring (bicyclic) bond motifs is 1. The van der Waals surface area contributed by atoms with Gasteiger partial charge in [0.2, 0.25) is 5.78 Å². The van der Waals surface area contributed by atoms with E-state index >= 15 is 0 Å². The van der Waals surface area contributed by atoms with Crippen molar-refractivity contribution in [3.05, 3.63) is 75.2 Å². The number of pyridine rings is 1. The smallest absolute Gasteiger partial charge is 0.417 e. The molecule has 10 heteroatoms. The monoisotopic (exact) mass is 449 g/mol. The molecule has 0 aliphatic heterocycles. The Labute approximate surface area is 179 Å². The van der Waals surface area contributed by atoms with Gasteiger partial charge in [0.05, 0.1) is 21.7 Å². The first-order valence-electron chi connectivity index (χ1n) is 9.39. The van der Waals surface area contributed by atoms with E-state index in [4.69, 9.17) is 16.7 Å². The lowest BCUT2D eigenvalue weighted by atomic mass is 9.92. The Bertz CT molecular complexity index is 1190. The van der Waals surface area contributed by atoms with Crippen LogP contribution in [0.3, 0.4) is 0 Å². The van der Waals surface area contributed by atoms with Gasteiger partial charge in [-0.1, -0.05) is 17.7 Å². The first kappa shape index (κ1) is 21.0. The summed E-state index contributed by atoms with van der Waals surface area (Å²) >= 11 is 6.01. The Kier molecular flexibility index (Phi) is 5.30. The fraction of sp³-hybridized carbons (Fsp3) is 0.238. The molecule has 31 heavy (non-hydrogen) atoms. The minimum absolute atomic E-state index is 0.0213. The third kappa shape index (κ3) is 3.81. The summed E-state index contributed by atoms with van der Waals surface area (Å²) < 4.78 is 42.0. The second-order valence-corrected chi connectivity index (χ2v) is 7.50. The number of halogens is 4. The number of aromatic nitrogens is 3. The molecule has 160 valence electrons. The largest absolute Gasteiger partial charge is 0.478 e. The number of nitrogens with zero attached hydrogens (tertiary/aromatic N) is 3. The second kappa shape index (κ2) is 7.81. The highest BCUT2D eigenvalue weighted by atomic mass is 35.5. The number of ketones is 1. The van der Waals surface area contributed by atoms with Gasteiger partial charge in [-0.05, 0) is 49.9 Å². The Morgan fingerprint density at radius 3 is 2.48 bits per heavy atom. The lowest BCUT2D eigenvalue weighted by Crippen LogP contribution is -2.16. The molecule has 4 rings (SSSR count). The van der Waals surface area contributed by atoms with E-state index < -0.39 is 29.1 Å². The van der Waals surface area contributed by atoms with E-state index in [0.717, 1.165) is 31.2 Å². The molecular weight excluding hydrogens is 435 g/mol. The SMILES string of the molecule is O=C(O)c1ccc(-n2nc(C(=O)c3c(Cl)cccc3C(F)(F)F)c3c2CCCC3)nc1. The summed E-state index contributed by atoms with van der Waals surface area (Å²) in [7, 11) is 0. The maximum Gasteiger partial charge on any atom is 0.417 e. The molecule has 2 aromatic heterocycles. The number of carboxylic acid groups (broad SMARTS) is 1. The van der Waals surface area contributed by atoms with Crippen molar-refractivity contribution >= 4 is 23.4 Å². The van der Waals surface area contributed by atoms with Crippen molar-refractivity contribution in [1.82, 2.24) is 14.8 Å². The Morgan fingerprint density at radius 2 is 1.84 bits per heavy atom. The van der Waals surface area contributed by atoms with Crippen LogP contribution in [0.2, 0.25) is 5.02 Å². The molecule has 6 nitrogen and oxygen atoms in total. The van der Waals surface area contributed by atoms with Crippen LogP contribution in [0.1, 0.15) is 56.1 Å². The molecule has 0 bridgehead atoms. The molecule has 0 unspecified atom stereocenters. The number of carbonyl (C=O) groups excluding carboxylic acids is 1. The van der Waals surface area contributed by atoms with Gasteiger partial charge in [0.1, 0.15) is 5.69 Å². The molecule has 0 atom stereocenters. The molecule has 0 radical (unpaired) electrons. The third-order valence-corrected chi connectivity index (χ3v) is 5.47. The summed E-state index contributed by atoms with van der Waals surface area (Å²) in [5.41, 5.74) is -0.638. The first-order chi connectivity index (χ1) is 14.7. The zero-order chi connectivity index (χ0) is 22.3. The minimum Gasteiger partial charge on any atom is -0.478 e. The van der Waals surface area contributed by atoms with Crippen LogP contribution in [-0.2, 0) is 19.0 Å². The zero-order valence-corrected chi connectivity index (χ0v) is 16.7. The number of hydrogen-bond acceptors (Lipinski definition) is 4. The molecule has 0 amide bonds. The average molecular weight is 450 g/mol. The molecular formula is C21H15ClF3N3O3. The minimum atomic E-state index is -4.76. The van der Waals surface area contributed by atoms with E-state index in [1.807, 2.05) is 0 Å². The summed E-state index contributed by atoms with van der Waals surface area (Å²) in [6.45, 7) is 0. The number of hydrogen-bond donors (Lipinski definition) is 1. The van der Waals surface area contributed by atoms with Gasteiger partial charge in [0.15, 0.2) is 5.82 Å². The van der Waals surface area contributed by atoms with E-state index in [1.54, 1.807) is 0 Å². The quantitative estimate of drug-likeness (QED) is 0.581. The Morgan fingerprint density at radius 1 is 1.10 bits per heavy atom. The van der Waals surface area contributed by atoms with Crippen molar-refractivity contribution in [3.63, 3.8) is 0 Å².